The number of hydrogen-bond donors (Lipinski definition) is 1. The Labute approximate surface area is 144 Å². The summed E-state index contributed by atoms with van der Waals surface area (Å²) in [6.07, 6.45) is 1.01. The molecule has 1 aliphatic heterocycles. The molecule has 0 spiro atoms. The monoisotopic (exact) mass is 348 g/mol. The van der Waals surface area contributed by atoms with Crippen LogP contribution in [-0.2, 0) is 23.0 Å². The average molecular weight is 349 g/mol. The molecule has 1 atom stereocenters. The van der Waals surface area contributed by atoms with E-state index in [1.54, 1.807) is 42.2 Å². The van der Waals surface area contributed by atoms with Crippen LogP contribution in [0.15, 0.2) is 36.5 Å². The Kier molecular flexibility index (Phi) is 4.71. The van der Waals surface area contributed by atoms with Crippen LogP contribution in [0, 0.1) is 0 Å². The first-order chi connectivity index (χ1) is 11.5. The van der Waals surface area contributed by atoms with E-state index >= 15 is 0 Å². The minimum Gasteiger partial charge on any atom is -0.442 e. The lowest BCUT2D eigenvalue weighted by molar-refractivity contribution is -0.120. The fourth-order valence-corrected chi connectivity index (χ4v) is 2.78. The fraction of sp³-hybridized carbons (Fsp3) is 0.312. The number of aromatic nitrogens is 2. The third-order valence-electron chi connectivity index (χ3n) is 3.73. The van der Waals surface area contributed by atoms with E-state index in [4.69, 9.17) is 16.3 Å². The molecule has 8 heteroatoms. The Hall–Kier alpha value is -2.54. The summed E-state index contributed by atoms with van der Waals surface area (Å²) in [5.74, 6) is 0.514. The molecule has 0 saturated carbocycles. The number of nitrogens with zero attached hydrogens (tertiary/aromatic N) is 3. The number of aryl methyl sites for hydroxylation is 1. The normalized spacial score (nSPS) is 17.0. The van der Waals surface area contributed by atoms with Gasteiger partial charge in [-0.15, -0.1) is 0 Å². The number of benzene rings is 1. The van der Waals surface area contributed by atoms with E-state index in [1.807, 2.05) is 6.07 Å². The summed E-state index contributed by atoms with van der Waals surface area (Å²) in [4.78, 5) is 25.4. The Bertz CT molecular complexity index is 761. The molecule has 1 fully saturated rings. The molecule has 2 aromatic rings. The number of hydrogen-bond acceptors (Lipinski definition) is 4. The molecule has 2 amide bonds. The molecule has 1 aromatic heterocycles. The number of carbonyl (C=O) groups excluding carboxylic acids is 2. The van der Waals surface area contributed by atoms with Crippen LogP contribution in [0.1, 0.15) is 5.56 Å². The summed E-state index contributed by atoms with van der Waals surface area (Å²) in [7, 11) is 1.75. The first-order valence-electron chi connectivity index (χ1n) is 7.50. The van der Waals surface area contributed by atoms with E-state index in [0.717, 1.165) is 5.56 Å². The van der Waals surface area contributed by atoms with Gasteiger partial charge in [0.1, 0.15) is 11.9 Å². The molecule has 1 saturated heterocycles. The van der Waals surface area contributed by atoms with Crippen molar-refractivity contribution in [2.45, 2.75) is 12.5 Å². The number of rotatable bonds is 5. The molecule has 1 N–H and O–H groups in total. The van der Waals surface area contributed by atoms with Gasteiger partial charge in [0.05, 0.1) is 25.7 Å². The molecular formula is C16H17ClN4O3. The third kappa shape index (κ3) is 3.68. The van der Waals surface area contributed by atoms with Crippen LogP contribution in [0.25, 0.3) is 0 Å². The van der Waals surface area contributed by atoms with Gasteiger partial charge >= 0.3 is 6.09 Å². The van der Waals surface area contributed by atoms with Crippen molar-refractivity contribution in [2.75, 3.05) is 18.0 Å². The number of ether oxygens (including phenoxy) is 1. The molecule has 7 nitrogen and oxygen atoms in total. The van der Waals surface area contributed by atoms with Gasteiger partial charge in [-0.05, 0) is 17.7 Å². The third-order valence-corrected chi connectivity index (χ3v) is 3.96. The first-order valence-corrected chi connectivity index (χ1v) is 7.88. The van der Waals surface area contributed by atoms with Crippen molar-refractivity contribution < 1.29 is 14.3 Å². The molecule has 0 radical (unpaired) electrons. The molecule has 0 aliphatic carbocycles. The van der Waals surface area contributed by atoms with Crippen molar-refractivity contribution in [1.29, 1.82) is 0 Å². The lowest BCUT2D eigenvalue weighted by Crippen LogP contribution is -2.35. The first kappa shape index (κ1) is 16.3. The Balaban J connectivity index is 1.51. The van der Waals surface area contributed by atoms with Crippen LogP contribution in [0.3, 0.4) is 0 Å². The molecule has 126 valence electrons. The van der Waals surface area contributed by atoms with Gasteiger partial charge in [-0.25, -0.2) is 4.79 Å². The highest BCUT2D eigenvalue weighted by molar-refractivity contribution is 6.30. The van der Waals surface area contributed by atoms with Crippen LogP contribution in [-0.4, -0.2) is 41.0 Å². The lowest BCUT2D eigenvalue weighted by Gasteiger charge is -2.12. The number of amides is 2. The lowest BCUT2D eigenvalue weighted by atomic mass is 10.1. The maximum absolute atomic E-state index is 12.0. The second-order valence-corrected chi connectivity index (χ2v) is 5.98. The van der Waals surface area contributed by atoms with Gasteiger partial charge in [0.2, 0.25) is 5.91 Å². The highest BCUT2D eigenvalue weighted by Gasteiger charge is 2.33. The van der Waals surface area contributed by atoms with Crippen molar-refractivity contribution in [3.05, 3.63) is 47.1 Å². The molecule has 0 bridgehead atoms. The van der Waals surface area contributed by atoms with Crippen molar-refractivity contribution in [3.8, 4) is 0 Å². The topological polar surface area (TPSA) is 76.5 Å². The number of halogens is 1. The van der Waals surface area contributed by atoms with Gasteiger partial charge in [0, 0.05) is 18.1 Å². The van der Waals surface area contributed by atoms with E-state index in [-0.39, 0.29) is 18.9 Å². The number of cyclic esters (lactones) is 1. The summed E-state index contributed by atoms with van der Waals surface area (Å²) >= 11 is 5.90. The highest BCUT2D eigenvalue weighted by Crippen LogP contribution is 2.20. The summed E-state index contributed by atoms with van der Waals surface area (Å²) < 4.78 is 6.88. The van der Waals surface area contributed by atoms with Crippen molar-refractivity contribution in [1.82, 2.24) is 15.1 Å². The minimum atomic E-state index is -0.437. The Morgan fingerprint density at radius 2 is 2.29 bits per heavy atom. The molecule has 3 rings (SSSR count). The second kappa shape index (κ2) is 6.92. The van der Waals surface area contributed by atoms with Crippen LogP contribution < -0.4 is 10.2 Å². The zero-order chi connectivity index (χ0) is 17.1. The predicted molar refractivity (Wildman–Crippen MR) is 89.0 cm³/mol. The van der Waals surface area contributed by atoms with E-state index in [2.05, 4.69) is 10.4 Å². The maximum atomic E-state index is 12.0. The summed E-state index contributed by atoms with van der Waals surface area (Å²) in [5, 5.41) is 7.42. The highest BCUT2D eigenvalue weighted by atomic mass is 35.5. The van der Waals surface area contributed by atoms with E-state index in [1.165, 1.54) is 4.90 Å². The van der Waals surface area contributed by atoms with E-state index in [0.29, 0.717) is 17.4 Å². The van der Waals surface area contributed by atoms with Crippen LogP contribution in [0.2, 0.25) is 5.02 Å². The predicted octanol–water partition coefficient (Wildman–Crippen LogP) is 1.76. The molecule has 1 aromatic carbocycles. The number of carbonyl (C=O) groups is 2. The smallest absolute Gasteiger partial charge is 0.416 e. The van der Waals surface area contributed by atoms with Crippen LogP contribution in [0.5, 0.6) is 0 Å². The van der Waals surface area contributed by atoms with Crippen molar-refractivity contribution in [3.63, 3.8) is 0 Å². The second-order valence-electron chi connectivity index (χ2n) is 5.54. The van der Waals surface area contributed by atoms with Crippen LogP contribution in [0.4, 0.5) is 10.6 Å². The molecular weight excluding hydrogens is 332 g/mol. The fourth-order valence-electron chi connectivity index (χ4n) is 2.57. The summed E-state index contributed by atoms with van der Waals surface area (Å²) in [6, 6.07) is 8.89. The number of nitrogens with one attached hydrogen (secondary N) is 1. The van der Waals surface area contributed by atoms with Gasteiger partial charge in [0.15, 0.2) is 0 Å². The molecule has 1 unspecified atom stereocenters. The van der Waals surface area contributed by atoms with Crippen molar-refractivity contribution in [2.24, 2.45) is 7.05 Å². The van der Waals surface area contributed by atoms with Gasteiger partial charge < -0.3 is 10.1 Å². The largest absolute Gasteiger partial charge is 0.442 e. The molecule has 2 heterocycles. The standard InChI is InChI=1S/C16H17ClN4O3/c1-20-15(5-6-19-20)21-10-13(24-16(21)23)9-18-14(22)8-11-3-2-4-12(17)7-11/h2-7,13H,8-10H2,1H3,(H,18,22). The van der Waals surface area contributed by atoms with E-state index < -0.39 is 12.2 Å². The van der Waals surface area contributed by atoms with Gasteiger partial charge in [-0.1, -0.05) is 23.7 Å². The zero-order valence-electron chi connectivity index (χ0n) is 13.1. The quantitative estimate of drug-likeness (QED) is 0.893. The van der Waals surface area contributed by atoms with Gasteiger partial charge in [0.25, 0.3) is 0 Å². The Morgan fingerprint density at radius 1 is 1.46 bits per heavy atom. The van der Waals surface area contributed by atoms with Crippen molar-refractivity contribution >= 4 is 29.4 Å². The summed E-state index contributed by atoms with van der Waals surface area (Å²) in [5.41, 5.74) is 0.833. The van der Waals surface area contributed by atoms with E-state index in [9.17, 15) is 9.59 Å². The molecule has 24 heavy (non-hydrogen) atoms. The maximum Gasteiger partial charge on any atom is 0.416 e. The van der Waals surface area contributed by atoms with Gasteiger partial charge in [-0.2, -0.15) is 5.10 Å². The SMILES string of the molecule is Cn1nccc1N1CC(CNC(=O)Cc2cccc(Cl)c2)OC1=O. The minimum absolute atomic E-state index is 0.146. The van der Waals surface area contributed by atoms with Gasteiger partial charge in [-0.3, -0.25) is 14.4 Å². The zero-order valence-corrected chi connectivity index (χ0v) is 13.9. The molecule has 1 aliphatic rings. The average Bonchev–Trinajstić information content (AvgIpc) is 3.10. The summed E-state index contributed by atoms with van der Waals surface area (Å²) in [6.45, 7) is 0.634. The number of anilines is 1. The van der Waals surface area contributed by atoms with Crippen LogP contribution >= 0.6 is 11.6 Å². The Morgan fingerprint density at radius 3 is 3.00 bits per heavy atom.